The van der Waals surface area contributed by atoms with E-state index >= 15 is 0 Å². The van der Waals surface area contributed by atoms with Crippen LogP contribution in [0.15, 0.2) is 30.9 Å². The zero-order valence-electron chi connectivity index (χ0n) is 8.23. The summed E-state index contributed by atoms with van der Waals surface area (Å²) in [5.74, 6) is 0. The second-order valence-electron chi connectivity index (χ2n) is 3.39. The number of hydrogen-bond acceptors (Lipinski definition) is 3. The maximum Gasteiger partial charge on any atom is 0.137 e. The summed E-state index contributed by atoms with van der Waals surface area (Å²) in [6.45, 7) is 0. The first kappa shape index (κ1) is 8.68. The predicted octanol–water partition coefficient (Wildman–Crippen LogP) is 1.82. The molecule has 0 fully saturated rings. The van der Waals surface area contributed by atoms with Gasteiger partial charge in [-0.3, -0.25) is 5.10 Å². The van der Waals surface area contributed by atoms with Crippen LogP contribution in [0.2, 0.25) is 0 Å². The van der Waals surface area contributed by atoms with Gasteiger partial charge >= 0.3 is 0 Å². The second-order valence-corrected chi connectivity index (χ2v) is 3.39. The Morgan fingerprint density at radius 2 is 2.25 bits per heavy atom. The fraction of sp³-hybridized carbons (Fsp3) is 0. The number of pyridine rings is 1. The molecule has 3 heterocycles. The highest BCUT2D eigenvalue weighted by Crippen LogP contribution is 2.29. The quantitative estimate of drug-likeness (QED) is 0.641. The van der Waals surface area contributed by atoms with Crippen molar-refractivity contribution < 1.29 is 0 Å². The van der Waals surface area contributed by atoms with Crippen molar-refractivity contribution in [2.24, 2.45) is 0 Å². The molecule has 0 unspecified atom stereocenters. The lowest BCUT2D eigenvalue weighted by Crippen LogP contribution is -1.87. The van der Waals surface area contributed by atoms with Gasteiger partial charge in [-0.15, -0.1) is 0 Å². The molecule has 0 saturated carbocycles. The second kappa shape index (κ2) is 3.21. The third kappa shape index (κ3) is 1.10. The Labute approximate surface area is 90.8 Å². The van der Waals surface area contributed by atoms with Crippen LogP contribution in [0.5, 0.6) is 0 Å². The monoisotopic (exact) mass is 209 g/mol. The number of aromatic nitrogens is 4. The number of hydrogen-bond donors (Lipinski definition) is 2. The van der Waals surface area contributed by atoms with Crippen molar-refractivity contribution in [3.8, 4) is 17.2 Å². The molecule has 0 aromatic carbocycles. The lowest BCUT2D eigenvalue weighted by atomic mass is 10.0. The molecule has 0 atom stereocenters. The Kier molecular flexibility index (Phi) is 1.74. The number of nitrogens with one attached hydrogen (secondary N) is 2. The van der Waals surface area contributed by atoms with Crippen molar-refractivity contribution in [1.29, 1.82) is 5.26 Å². The van der Waals surface area contributed by atoms with Crippen LogP contribution in [0.4, 0.5) is 0 Å². The van der Waals surface area contributed by atoms with E-state index in [0.29, 0.717) is 5.56 Å². The van der Waals surface area contributed by atoms with E-state index in [4.69, 9.17) is 5.26 Å². The highest BCUT2D eigenvalue weighted by molar-refractivity contribution is 5.95. The maximum atomic E-state index is 9.08. The lowest BCUT2D eigenvalue weighted by Gasteiger charge is -2.01. The molecule has 2 N–H and O–H groups in total. The Bertz CT molecular complexity index is 672. The number of rotatable bonds is 1. The van der Waals surface area contributed by atoms with Crippen molar-refractivity contribution in [1.82, 2.24) is 20.2 Å². The summed E-state index contributed by atoms with van der Waals surface area (Å²) in [5, 5.41) is 16.7. The van der Waals surface area contributed by atoms with Crippen LogP contribution >= 0.6 is 0 Å². The van der Waals surface area contributed by atoms with Crippen molar-refractivity contribution in [2.75, 3.05) is 0 Å². The number of nitrogens with zero attached hydrogens (tertiary/aromatic N) is 3. The molecule has 3 aromatic heterocycles. The molecular weight excluding hydrogens is 202 g/mol. The van der Waals surface area contributed by atoms with Crippen molar-refractivity contribution in [3.63, 3.8) is 0 Å². The average Bonchev–Trinajstić information content (AvgIpc) is 2.98. The molecule has 0 radical (unpaired) electrons. The summed E-state index contributed by atoms with van der Waals surface area (Å²) in [6.07, 6.45) is 6.84. The summed E-state index contributed by atoms with van der Waals surface area (Å²) in [5.41, 5.74) is 3.08. The third-order valence-corrected chi connectivity index (χ3v) is 2.49. The van der Waals surface area contributed by atoms with Gasteiger partial charge in [-0.2, -0.15) is 10.4 Å². The van der Waals surface area contributed by atoms with E-state index in [9.17, 15) is 0 Å². The molecule has 5 nitrogen and oxygen atoms in total. The standard InChI is InChI=1S/C11H7N5/c12-3-7-4-14-11-9(1-2-13-11)10(7)8-5-15-16-6-8/h1-2,4-6H,(H,13,14)(H,15,16). The van der Waals surface area contributed by atoms with E-state index in [-0.39, 0.29) is 0 Å². The molecule has 0 bridgehead atoms. The van der Waals surface area contributed by atoms with Crippen LogP contribution in [0.1, 0.15) is 5.56 Å². The largest absolute Gasteiger partial charge is 0.346 e. The molecule has 0 aliphatic rings. The fourth-order valence-electron chi connectivity index (χ4n) is 1.79. The molecule has 3 aromatic rings. The van der Waals surface area contributed by atoms with Gasteiger partial charge in [-0.25, -0.2) is 4.98 Å². The highest BCUT2D eigenvalue weighted by atomic mass is 15.1. The van der Waals surface area contributed by atoms with Crippen LogP contribution in [-0.2, 0) is 0 Å². The van der Waals surface area contributed by atoms with Crippen LogP contribution < -0.4 is 0 Å². The molecule has 16 heavy (non-hydrogen) atoms. The Morgan fingerprint density at radius 3 is 3.00 bits per heavy atom. The van der Waals surface area contributed by atoms with Gasteiger partial charge < -0.3 is 4.98 Å². The van der Waals surface area contributed by atoms with Gasteiger partial charge in [-0.05, 0) is 6.07 Å². The lowest BCUT2D eigenvalue weighted by molar-refractivity contribution is 1.09. The van der Waals surface area contributed by atoms with E-state index in [0.717, 1.165) is 22.2 Å². The zero-order chi connectivity index (χ0) is 11.0. The molecule has 76 valence electrons. The summed E-state index contributed by atoms with van der Waals surface area (Å²) in [7, 11) is 0. The Balaban J connectivity index is 2.44. The molecule has 0 aliphatic heterocycles. The first-order chi connectivity index (χ1) is 7.90. The first-order valence-corrected chi connectivity index (χ1v) is 4.75. The van der Waals surface area contributed by atoms with Crippen molar-refractivity contribution in [3.05, 3.63) is 36.4 Å². The summed E-state index contributed by atoms with van der Waals surface area (Å²) in [4.78, 5) is 7.20. The third-order valence-electron chi connectivity index (χ3n) is 2.49. The topological polar surface area (TPSA) is 81.2 Å². The minimum atomic E-state index is 0.550. The van der Waals surface area contributed by atoms with Crippen LogP contribution in [0, 0.1) is 11.3 Å². The smallest absolute Gasteiger partial charge is 0.137 e. The van der Waals surface area contributed by atoms with Gasteiger partial charge in [0.2, 0.25) is 0 Å². The predicted molar refractivity (Wildman–Crippen MR) is 58.4 cm³/mol. The van der Waals surface area contributed by atoms with Crippen LogP contribution in [0.3, 0.4) is 0 Å². The molecular formula is C11H7N5. The Morgan fingerprint density at radius 1 is 1.31 bits per heavy atom. The number of nitriles is 1. The van der Waals surface area contributed by atoms with E-state index in [2.05, 4.69) is 26.2 Å². The van der Waals surface area contributed by atoms with Gasteiger partial charge in [0, 0.05) is 35.1 Å². The summed E-state index contributed by atoms with van der Waals surface area (Å²) >= 11 is 0. The minimum absolute atomic E-state index is 0.550. The fourth-order valence-corrected chi connectivity index (χ4v) is 1.79. The van der Waals surface area contributed by atoms with E-state index in [1.54, 1.807) is 18.6 Å². The number of H-pyrrole nitrogens is 2. The molecule has 0 saturated heterocycles. The SMILES string of the molecule is N#Cc1cnc2[nH]ccc2c1-c1cn[nH]c1. The average molecular weight is 209 g/mol. The van der Waals surface area contributed by atoms with Crippen molar-refractivity contribution >= 4 is 11.0 Å². The van der Waals surface area contributed by atoms with Crippen molar-refractivity contribution in [2.45, 2.75) is 0 Å². The van der Waals surface area contributed by atoms with E-state index in [1.807, 2.05) is 12.3 Å². The molecule has 5 heteroatoms. The number of aromatic amines is 2. The molecule has 0 amide bonds. The molecule has 3 rings (SSSR count). The van der Waals surface area contributed by atoms with Crippen LogP contribution in [-0.4, -0.2) is 20.2 Å². The Hall–Kier alpha value is -2.61. The summed E-state index contributed by atoms with van der Waals surface area (Å²) < 4.78 is 0. The highest BCUT2D eigenvalue weighted by Gasteiger charge is 2.12. The minimum Gasteiger partial charge on any atom is -0.346 e. The van der Waals surface area contributed by atoms with E-state index < -0.39 is 0 Å². The van der Waals surface area contributed by atoms with Crippen LogP contribution in [0.25, 0.3) is 22.2 Å². The van der Waals surface area contributed by atoms with Gasteiger partial charge in [0.1, 0.15) is 11.7 Å². The molecule has 0 spiro atoms. The van der Waals surface area contributed by atoms with E-state index in [1.165, 1.54) is 0 Å². The normalized spacial score (nSPS) is 10.4. The number of fused-ring (bicyclic) bond motifs is 1. The first-order valence-electron chi connectivity index (χ1n) is 4.75. The van der Waals surface area contributed by atoms with Gasteiger partial charge in [0.25, 0.3) is 0 Å². The zero-order valence-corrected chi connectivity index (χ0v) is 8.23. The maximum absolute atomic E-state index is 9.08. The van der Waals surface area contributed by atoms with Gasteiger partial charge in [-0.1, -0.05) is 0 Å². The summed E-state index contributed by atoms with van der Waals surface area (Å²) in [6, 6.07) is 4.06. The van der Waals surface area contributed by atoms with Gasteiger partial charge in [0.15, 0.2) is 0 Å². The van der Waals surface area contributed by atoms with Gasteiger partial charge in [0.05, 0.1) is 11.8 Å². The molecule has 0 aliphatic carbocycles.